The third-order valence-corrected chi connectivity index (χ3v) is 7.14. The van der Waals surface area contributed by atoms with Crippen LogP contribution in [0.5, 0.6) is 5.75 Å². The first-order chi connectivity index (χ1) is 18.6. The zero-order valence-electron chi connectivity index (χ0n) is 21.0. The third kappa shape index (κ3) is 5.17. The summed E-state index contributed by atoms with van der Waals surface area (Å²) in [6.07, 6.45) is 7.98. The van der Waals surface area contributed by atoms with Crippen LogP contribution in [0, 0.1) is 0 Å². The second-order valence-electron chi connectivity index (χ2n) is 9.76. The Morgan fingerprint density at radius 3 is 2.79 bits per heavy atom. The zero-order chi connectivity index (χ0) is 25.9. The summed E-state index contributed by atoms with van der Waals surface area (Å²) in [6, 6.07) is 6.82. The number of aromatic nitrogens is 5. The molecule has 1 N–H and O–H groups in total. The molecular weight excluding hydrogens is 488 g/mol. The summed E-state index contributed by atoms with van der Waals surface area (Å²) >= 11 is 0. The zero-order valence-corrected chi connectivity index (χ0v) is 21.0. The van der Waals surface area contributed by atoms with E-state index in [1.807, 2.05) is 23.2 Å². The Bertz CT molecular complexity index is 1290. The molecular formula is C26H30N8O4. The molecule has 38 heavy (non-hydrogen) atoms. The van der Waals surface area contributed by atoms with Gasteiger partial charge in [0.25, 0.3) is 11.8 Å². The first-order valence-electron chi connectivity index (χ1n) is 13.0. The minimum atomic E-state index is -0.328. The van der Waals surface area contributed by atoms with Crippen LogP contribution in [0.1, 0.15) is 45.8 Å². The van der Waals surface area contributed by atoms with Crippen molar-refractivity contribution in [1.82, 2.24) is 35.2 Å². The van der Waals surface area contributed by atoms with Gasteiger partial charge in [-0.25, -0.2) is 14.6 Å². The van der Waals surface area contributed by atoms with Crippen LogP contribution in [-0.2, 0) is 17.9 Å². The molecule has 0 radical (unpaired) electrons. The Hall–Kier alpha value is -4.06. The normalized spacial score (nSPS) is 22.1. The topological polar surface area (TPSA) is 128 Å². The third-order valence-electron chi connectivity index (χ3n) is 7.14. The summed E-state index contributed by atoms with van der Waals surface area (Å²) < 4.78 is 13.8. The number of rotatable bonds is 2. The lowest BCUT2D eigenvalue weighted by Crippen LogP contribution is -2.44. The summed E-state index contributed by atoms with van der Waals surface area (Å²) in [4.78, 5) is 38.9. The molecule has 3 aliphatic rings. The summed E-state index contributed by atoms with van der Waals surface area (Å²) in [5.74, 6) is 0.822. The standard InChI is InChI=1S/C26H30N8O4/c35-25-24-21(5-4-8-27-24)37-12-11-34-14-19(30-31-34)17-38-22-16-33(15-20(22)29-25)23-7-6-18(13-28-23)26(36)32-9-2-1-3-10-32/h4-8,13-14,20,22H,1-3,9-12,15-17H2,(H,29,35)/t20-,22-/m0/s1. The van der Waals surface area contributed by atoms with Gasteiger partial charge in [0.05, 0.1) is 37.1 Å². The fourth-order valence-electron chi connectivity index (χ4n) is 5.12. The molecule has 0 unspecified atom stereocenters. The summed E-state index contributed by atoms with van der Waals surface area (Å²) in [5, 5.41) is 11.4. The fourth-order valence-corrected chi connectivity index (χ4v) is 5.12. The van der Waals surface area contributed by atoms with E-state index in [0.717, 1.165) is 31.7 Å². The summed E-state index contributed by atoms with van der Waals surface area (Å²) in [5.41, 5.74) is 1.51. The molecule has 0 aromatic carbocycles. The number of nitrogens with zero attached hydrogens (tertiary/aromatic N) is 7. The molecule has 2 saturated heterocycles. The van der Waals surface area contributed by atoms with Crippen LogP contribution in [0.2, 0.25) is 0 Å². The number of nitrogens with one attached hydrogen (secondary N) is 1. The van der Waals surface area contributed by atoms with Gasteiger partial charge in [0, 0.05) is 38.6 Å². The second kappa shape index (κ2) is 10.7. The van der Waals surface area contributed by atoms with Crippen LogP contribution in [0.4, 0.5) is 5.82 Å². The first-order valence-corrected chi connectivity index (χ1v) is 13.0. The largest absolute Gasteiger partial charge is 0.489 e. The fraction of sp³-hybridized carbons (Fsp3) is 0.462. The highest BCUT2D eigenvalue weighted by Crippen LogP contribution is 2.24. The molecule has 12 nitrogen and oxygen atoms in total. The molecule has 2 amide bonds. The van der Waals surface area contributed by atoms with Gasteiger partial charge in [-0.15, -0.1) is 5.10 Å². The van der Waals surface area contributed by atoms with E-state index >= 15 is 0 Å². The number of piperidine rings is 1. The molecule has 2 fully saturated rings. The van der Waals surface area contributed by atoms with Gasteiger partial charge in [-0.05, 0) is 43.5 Å². The van der Waals surface area contributed by atoms with Crippen LogP contribution in [0.3, 0.4) is 0 Å². The molecule has 2 atom stereocenters. The lowest BCUT2D eigenvalue weighted by Gasteiger charge is -2.26. The van der Waals surface area contributed by atoms with Gasteiger partial charge in [-0.3, -0.25) is 9.59 Å². The molecule has 3 aromatic rings. The maximum absolute atomic E-state index is 13.2. The van der Waals surface area contributed by atoms with Crippen LogP contribution in [0.15, 0.2) is 42.9 Å². The van der Waals surface area contributed by atoms with Gasteiger partial charge in [0.1, 0.15) is 18.1 Å². The predicted molar refractivity (Wildman–Crippen MR) is 136 cm³/mol. The van der Waals surface area contributed by atoms with E-state index in [-0.39, 0.29) is 36.3 Å². The van der Waals surface area contributed by atoms with Crippen molar-refractivity contribution in [3.05, 3.63) is 59.8 Å². The van der Waals surface area contributed by atoms with E-state index in [0.29, 0.717) is 43.2 Å². The van der Waals surface area contributed by atoms with Crippen molar-refractivity contribution in [2.24, 2.45) is 0 Å². The van der Waals surface area contributed by atoms with Crippen molar-refractivity contribution in [3.8, 4) is 5.75 Å². The Kier molecular flexibility index (Phi) is 6.86. The van der Waals surface area contributed by atoms with Gasteiger partial charge in [0.15, 0.2) is 11.4 Å². The monoisotopic (exact) mass is 518 g/mol. The number of fused-ring (bicyclic) bond motifs is 4. The number of carbonyl (C=O) groups excluding carboxylic acids is 2. The quantitative estimate of drug-likeness (QED) is 0.534. The maximum atomic E-state index is 13.2. The van der Waals surface area contributed by atoms with Gasteiger partial charge in [0.2, 0.25) is 0 Å². The van der Waals surface area contributed by atoms with E-state index in [1.165, 1.54) is 6.42 Å². The molecule has 0 saturated carbocycles. The number of hydrogen-bond acceptors (Lipinski definition) is 9. The molecule has 0 spiro atoms. The SMILES string of the molecule is O=C1N[C@H]2CN(c3ccc(C(=O)N4CCCCC4)cn3)C[C@@H]2OCc2cn(nn2)CCOc2cccnc21. The number of ether oxygens (including phenoxy) is 2. The predicted octanol–water partition coefficient (Wildman–Crippen LogP) is 1.29. The number of likely N-dealkylation sites (tertiary alicyclic amines) is 1. The van der Waals surface area contributed by atoms with Crippen LogP contribution in [0.25, 0.3) is 0 Å². The van der Waals surface area contributed by atoms with Crippen molar-refractivity contribution in [1.29, 1.82) is 0 Å². The molecule has 2 bridgehead atoms. The minimum Gasteiger partial charge on any atom is -0.489 e. The van der Waals surface area contributed by atoms with E-state index in [4.69, 9.17) is 9.47 Å². The van der Waals surface area contributed by atoms with Gasteiger partial charge in [-0.1, -0.05) is 5.21 Å². The first kappa shape index (κ1) is 24.3. The lowest BCUT2D eigenvalue weighted by atomic mass is 10.1. The highest BCUT2D eigenvalue weighted by atomic mass is 16.5. The number of hydrogen-bond donors (Lipinski definition) is 1. The van der Waals surface area contributed by atoms with Crippen molar-refractivity contribution >= 4 is 17.6 Å². The Morgan fingerprint density at radius 2 is 1.95 bits per heavy atom. The van der Waals surface area contributed by atoms with Crippen molar-refractivity contribution in [3.63, 3.8) is 0 Å². The van der Waals surface area contributed by atoms with E-state index in [1.54, 1.807) is 29.2 Å². The van der Waals surface area contributed by atoms with E-state index in [2.05, 4.69) is 30.5 Å². The van der Waals surface area contributed by atoms with Crippen molar-refractivity contribution in [2.45, 2.75) is 44.6 Å². The Morgan fingerprint density at radius 1 is 1.05 bits per heavy atom. The molecule has 12 heteroatoms. The Labute approximate surface area is 219 Å². The number of amides is 2. The van der Waals surface area contributed by atoms with Crippen molar-refractivity contribution in [2.75, 3.05) is 37.7 Å². The van der Waals surface area contributed by atoms with Crippen LogP contribution >= 0.6 is 0 Å². The van der Waals surface area contributed by atoms with Crippen LogP contribution in [-0.4, -0.2) is 86.6 Å². The highest BCUT2D eigenvalue weighted by Gasteiger charge is 2.36. The van der Waals surface area contributed by atoms with Crippen molar-refractivity contribution < 1.29 is 19.1 Å². The van der Waals surface area contributed by atoms with Gasteiger partial charge in [-0.2, -0.15) is 0 Å². The molecule has 198 valence electrons. The average molecular weight is 519 g/mol. The number of carbonyl (C=O) groups is 2. The van der Waals surface area contributed by atoms with E-state index in [9.17, 15) is 9.59 Å². The maximum Gasteiger partial charge on any atom is 0.274 e. The average Bonchev–Trinajstić information content (AvgIpc) is 3.58. The smallest absolute Gasteiger partial charge is 0.274 e. The minimum absolute atomic E-state index is 0.0234. The highest BCUT2D eigenvalue weighted by molar-refractivity contribution is 5.95. The molecule has 6 heterocycles. The van der Waals surface area contributed by atoms with Crippen LogP contribution < -0.4 is 15.0 Å². The molecule has 3 aliphatic heterocycles. The van der Waals surface area contributed by atoms with Gasteiger partial charge < -0.3 is 24.6 Å². The van der Waals surface area contributed by atoms with E-state index < -0.39 is 0 Å². The summed E-state index contributed by atoms with van der Waals surface area (Å²) in [7, 11) is 0. The number of anilines is 1. The lowest BCUT2D eigenvalue weighted by molar-refractivity contribution is 0.0345. The molecule has 6 rings (SSSR count). The molecule has 3 aromatic heterocycles. The molecule has 0 aliphatic carbocycles. The van der Waals surface area contributed by atoms with Gasteiger partial charge >= 0.3 is 0 Å². The Balaban J connectivity index is 1.21. The number of pyridine rings is 2. The second-order valence-corrected chi connectivity index (χ2v) is 9.76. The summed E-state index contributed by atoms with van der Waals surface area (Å²) in [6.45, 7) is 3.64.